The number of rotatable bonds is 2. The first-order valence-corrected chi connectivity index (χ1v) is 7.81. The highest BCUT2D eigenvalue weighted by Gasteiger charge is 2.15. The van der Waals surface area contributed by atoms with Crippen molar-refractivity contribution in [1.82, 2.24) is 9.55 Å². The van der Waals surface area contributed by atoms with Crippen LogP contribution in [0.3, 0.4) is 0 Å². The van der Waals surface area contributed by atoms with Crippen molar-refractivity contribution in [3.8, 4) is 0 Å². The van der Waals surface area contributed by atoms with Gasteiger partial charge in [0.25, 0.3) is 5.91 Å². The number of halogens is 2. The number of carbonyl (C=O) groups is 2. The highest BCUT2D eigenvalue weighted by Crippen LogP contribution is 2.15. The van der Waals surface area contributed by atoms with Gasteiger partial charge in [0, 0.05) is 12.4 Å². The van der Waals surface area contributed by atoms with Crippen molar-refractivity contribution in [2.75, 3.05) is 0 Å². The van der Waals surface area contributed by atoms with E-state index < -0.39 is 11.8 Å². The Bertz CT molecular complexity index is 955. The van der Waals surface area contributed by atoms with Crippen molar-refractivity contribution in [2.45, 2.75) is 0 Å². The molecule has 3 heterocycles. The lowest BCUT2D eigenvalue weighted by molar-refractivity contribution is 0.0921. The van der Waals surface area contributed by atoms with Crippen molar-refractivity contribution in [3.63, 3.8) is 0 Å². The summed E-state index contributed by atoms with van der Waals surface area (Å²) in [7, 11) is 0. The van der Waals surface area contributed by atoms with Crippen molar-refractivity contribution < 1.29 is 18.4 Å². The molecule has 116 valence electrons. The molecule has 0 N–H and O–H groups in total. The van der Waals surface area contributed by atoms with Crippen LogP contribution in [0.15, 0.2) is 65.9 Å². The van der Waals surface area contributed by atoms with Crippen molar-refractivity contribution >= 4 is 43.7 Å². The van der Waals surface area contributed by atoms with Crippen molar-refractivity contribution in [1.29, 1.82) is 0 Å². The Kier molecular flexibility index (Phi) is 4.39. The lowest BCUT2D eigenvalue weighted by atomic mass is 10.4. The minimum Gasteiger partial charge on any atom is -0.444 e. The molecule has 0 aromatic carbocycles. The molecule has 3 aromatic rings. The summed E-state index contributed by atoms with van der Waals surface area (Å²) in [5.74, 6) is -1.05. The summed E-state index contributed by atoms with van der Waals surface area (Å²) in [5.41, 5.74) is -0.0810. The van der Waals surface area contributed by atoms with Gasteiger partial charge in [-0.15, -0.1) is 0 Å². The fourth-order valence-corrected chi connectivity index (χ4v) is 2.34. The van der Waals surface area contributed by atoms with Crippen LogP contribution in [-0.2, 0) is 0 Å². The van der Waals surface area contributed by atoms with E-state index in [1.807, 2.05) is 0 Å². The Labute approximate surface area is 145 Å². The first-order valence-electron chi connectivity index (χ1n) is 6.23. The fourth-order valence-electron chi connectivity index (χ4n) is 1.73. The lowest BCUT2D eigenvalue weighted by Gasteiger charge is -2.02. The van der Waals surface area contributed by atoms with Crippen molar-refractivity contribution in [3.05, 3.63) is 69.2 Å². The quantitative estimate of drug-likeness (QED) is 0.610. The zero-order valence-electron chi connectivity index (χ0n) is 11.3. The third-order valence-electron chi connectivity index (χ3n) is 2.71. The van der Waals surface area contributed by atoms with Crippen LogP contribution < -0.4 is 5.62 Å². The molecule has 1 amide bonds. The SMILES string of the molecule is O=C(N=c1ncccn1C(=O)c1ccc(Br)o1)c1ccc(Br)o1. The van der Waals surface area contributed by atoms with Crippen LogP contribution in [0.4, 0.5) is 0 Å². The molecule has 0 aliphatic carbocycles. The Hall–Kier alpha value is -2.26. The van der Waals surface area contributed by atoms with Crippen LogP contribution in [0.1, 0.15) is 21.1 Å². The number of nitrogens with zero attached hydrogens (tertiary/aromatic N) is 3. The van der Waals surface area contributed by atoms with Gasteiger partial charge in [0.15, 0.2) is 20.9 Å². The summed E-state index contributed by atoms with van der Waals surface area (Å²) < 4.78 is 12.3. The second-order valence-electron chi connectivity index (χ2n) is 4.22. The van der Waals surface area contributed by atoms with Gasteiger partial charge in [-0.25, -0.2) is 9.55 Å². The van der Waals surface area contributed by atoms with Crippen LogP contribution in [0.2, 0.25) is 0 Å². The predicted molar refractivity (Wildman–Crippen MR) is 84.7 cm³/mol. The zero-order valence-corrected chi connectivity index (χ0v) is 14.4. The van der Waals surface area contributed by atoms with E-state index in [4.69, 9.17) is 8.83 Å². The number of carbonyl (C=O) groups excluding carboxylic acids is 2. The first kappa shape index (κ1) is 15.6. The van der Waals surface area contributed by atoms with E-state index in [2.05, 4.69) is 41.8 Å². The molecule has 23 heavy (non-hydrogen) atoms. The Morgan fingerprint density at radius 1 is 1.04 bits per heavy atom. The normalized spacial score (nSPS) is 11.7. The molecule has 0 fully saturated rings. The largest absolute Gasteiger partial charge is 0.444 e. The van der Waals surface area contributed by atoms with Gasteiger partial charge in [-0.3, -0.25) is 9.59 Å². The van der Waals surface area contributed by atoms with E-state index in [0.29, 0.717) is 9.34 Å². The molecule has 7 nitrogen and oxygen atoms in total. The monoisotopic (exact) mass is 439 g/mol. The smallest absolute Gasteiger partial charge is 0.315 e. The van der Waals surface area contributed by atoms with Gasteiger partial charge in [0.1, 0.15) is 0 Å². The maximum absolute atomic E-state index is 12.4. The van der Waals surface area contributed by atoms with Gasteiger partial charge in [0.2, 0.25) is 5.62 Å². The number of furan rings is 2. The second kappa shape index (κ2) is 6.47. The van der Waals surface area contributed by atoms with E-state index in [9.17, 15) is 9.59 Å². The van der Waals surface area contributed by atoms with E-state index in [1.165, 1.54) is 24.5 Å². The molecule has 0 saturated heterocycles. The highest BCUT2D eigenvalue weighted by atomic mass is 79.9. The Morgan fingerprint density at radius 2 is 1.70 bits per heavy atom. The number of hydrogen-bond acceptors (Lipinski definition) is 5. The molecule has 0 atom stereocenters. The molecular weight excluding hydrogens is 434 g/mol. The van der Waals surface area contributed by atoms with Crippen LogP contribution in [0, 0.1) is 0 Å². The zero-order chi connectivity index (χ0) is 16.4. The molecular formula is C14H7Br2N3O4. The second-order valence-corrected chi connectivity index (χ2v) is 5.78. The molecule has 0 radical (unpaired) electrons. The van der Waals surface area contributed by atoms with E-state index >= 15 is 0 Å². The average molecular weight is 441 g/mol. The van der Waals surface area contributed by atoms with Gasteiger partial charge >= 0.3 is 5.91 Å². The van der Waals surface area contributed by atoms with E-state index in [-0.39, 0.29) is 17.1 Å². The van der Waals surface area contributed by atoms with Crippen LogP contribution in [0.5, 0.6) is 0 Å². The van der Waals surface area contributed by atoms with Gasteiger partial charge in [-0.2, -0.15) is 4.99 Å². The van der Waals surface area contributed by atoms with E-state index in [0.717, 1.165) is 4.57 Å². The summed E-state index contributed by atoms with van der Waals surface area (Å²) in [6.45, 7) is 0. The van der Waals surface area contributed by atoms with Crippen LogP contribution >= 0.6 is 31.9 Å². The molecule has 0 aliphatic heterocycles. The predicted octanol–water partition coefficient (Wildman–Crippen LogP) is 3.02. The molecule has 0 unspecified atom stereocenters. The molecule has 0 saturated carbocycles. The van der Waals surface area contributed by atoms with Gasteiger partial charge in [-0.05, 0) is 62.2 Å². The molecule has 3 rings (SSSR count). The maximum Gasteiger partial charge on any atom is 0.315 e. The Balaban J connectivity index is 2.02. The minimum atomic E-state index is -0.656. The maximum atomic E-state index is 12.4. The van der Waals surface area contributed by atoms with E-state index in [1.54, 1.807) is 18.2 Å². The summed E-state index contributed by atoms with van der Waals surface area (Å²) >= 11 is 6.23. The number of aromatic nitrogens is 2. The third kappa shape index (κ3) is 3.40. The molecule has 9 heteroatoms. The fraction of sp³-hybridized carbons (Fsp3) is 0. The van der Waals surface area contributed by atoms with Gasteiger partial charge < -0.3 is 8.83 Å². The summed E-state index contributed by atoms with van der Waals surface area (Å²) in [5, 5.41) is 0. The number of amides is 1. The highest BCUT2D eigenvalue weighted by molar-refractivity contribution is 9.10. The lowest BCUT2D eigenvalue weighted by Crippen LogP contribution is -2.30. The number of hydrogen-bond donors (Lipinski definition) is 0. The minimum absolute atomic E-state index is 0.0299. The van der Waals surface area contributed by atoms with Gasteiger partial charge in [-0.1, -0.05) is 0 Å². The van der Waals surface area contributed by atoms with Crippen LogP contribution in [-0.4, -0.2) is 21.4 Å². The third-order valence-corrected chi connectivity index (χ3v) is 3.57. The summed E-state index contributed by atoms with van der Waals surface area (Å²) in [6, 6.07) is 7.67. The average Bonchev–Trinajstić information content (AvgIpc) is 3.16. The topological polar surface area (TPSA) is 90.6 Å². The van der Waals surface area contributed by atoms with Crippen LogP contribution in [0.25, 0.3) is 0 Å². The molecule has 3 aromatic heterocycles. The molecule has 0 aliphatic rings. The standard InChI is InChI=1S/C14H7Br2N3O4/c15-10-4-2-8(22-10)12(20)18-14-17-6-1-7-19(14)13(21)9-3-5-11(16)23-9/h1-7H. The molecule has 0 spiro atoms. The van der Waals surface area contributed by atoms with Gasteiger partial charge in [0.05, 0.1) is 0 Å². The Morgan fingerprint density at radius 3 is 2.30 bits per heavy atom. The summed E-state index contributed by atoms with van der Waals surface area (Å²) in [4.78, 5) is 32.2. The van der Waals surface area contributed by atoms with Crippen molar-refractivity contribution in [2.24, 2.45) is 4.99 Å². The summed E-state index contributed by atoms with van der Waals surface area (Å²) in [6.07, 6.45) is 2.86. The first-order chi connectivity index (χ1) is 11.0. The molecule has 0 bridgehead atoms.